The third-order valence-electron chi connectivity index (χ3n) is 3.65. The highest BCUT2D eigenvalue weighted by atomic mass is 35.5. The zero-order valence-electron chi connectivity index (χ0n) is 14.0. The van der Waals surface area contributed by atoms with Gasteiger partial charge in [0.1, 0.15) is 0 Å². The van der Waals surface area contributed by atoms with Crippen molar-refractivity contribution in [3.63, 3.8) is 0 Å². The maximum absolute atomic E-state index is 12.1. The summed E-state index contributed by atoms with van der Waals surface area (Å²) < 4.78 is 1.62. The molecule has 0 aliphatic heterocycles. The molecule has 9 heteroatoms. The van der Waals surface area contributed by atoms with Crippen LogP contribution in [0.1, 0.15) is 15.9 Å². The number of hydrogen-bond acceptors (Lipinski definition) is 4. The molecule has 2 aromatic heterocycles. The molecule has 0 saturated carbocycles. The fraction of sp³-hybridized carbons (Fsp3) is 0.111. The van der Waals surface area contributed by atoms with Gasteiger partial charge in [-0.25, -0.2) is 9.67 Å². The van der Waals surface area contributed by atoms with E-state index in [-0.39, 0.29) is 29.6 Å². The number of halogens is 2. The summed E-state index contributed by atoms with van der Waals surface area (Å²) in [6.45, 7) is 0.0641. The number of amides is 2. The lowest BCUT2D eigenvalue weighted by molar-refractivity contribution is -0.120. The van der Waals surface area contributed by atoms with Crippen molar-refractivity contribution in [2.45, 2.75) is 6.54 Å². The molecular weight excluding hydrogens is 389 g/mol. The molecule has 0 spiro atoms. The maximum atomic E-state index is 12.1. The second-order valence-electron chi connectivity index (χ2n) is 5.52. The third-order valence-corrected chi connectivity index (χ3v) is 4.20. The molecule has 0 radical (unpaired) electrons. The summed E-state index contributed by atoms with van der Waals surface area (Å²) in [6, 6.07) is 9.94. The highest BCUT2D eigenvalue weighted by Crippen LogP contribution is 2.20. The van der Waals surface area contributed by atoms with Crippen molar-refractivity contribution in [1.82, 2.24) is 25.4 Å². The van der Waals surface area contributed by atoms with Gasteiger partial charge in [0.2, 0.25) is 5.91 Å². The molecule has 7 nitrogen and oxygen atoms in total. The highest BCUT2D eigenvalue weighted by Gasteiger charge is 2.13. The van der Waals surface area contributed by atoms with Crippen LogP contribution in [0.5, 0.6) is 0 Å². The quantitative estimate of drug-likeness (QED) is 0.661. The first kappa shape index (κ1) is 18.9. The average Bonchev–Trinajstić information content (AvgIpc) is 3.19. The Hall–Kier alpha value is -2.90. The number of hydrogen-bond donors (Lipinski definition) is 2. The van der Waals surface area contributed by atoms with Crippen LogP contribution in [0.3, 0.4) is 0 Å². The Labute approximate surface area is 165 Å². The van der Waals surface area contributed by atoms with E-state index in [9.17, 15) is 9.59 Å². The normalized spacial score (nSPS) is 10.4. The van der Waals surface area contributed by atoms with Gasteiger partial charge < -0.3 is 10.6 Å². The molecule has 138 valence electrons. The zero-order chi connectivity index (χ0) is 19.2. The lowest BCUT2D eigenvalue weighted by Gasteiger charge is -2.10. The number of aromatic nitrogens is 3. The smallest absolute Gasteiger partial charge is 0.253 e. The van der Waals surface area contributed by atoms with Gasteiger partial charge in [-0.05, 0) is 30.3 Å². The fourth-order valence-corrected chi connectivity index (χ4v) is 2.85. The molecule has 2 amide bonds. The van der Waals surface area contributed by atoms with Crippen molar-refractivity contribution in [1.29, 1.82) is 0 Å². The topological polar surface area (TPSA) is 88.9 Å². The van der Waals surface area contributed by atoms with Crippen molar-refractivity contribution in [3.8, 4) is 5.82 Å². The van der Waals surface area contributed by atoms with Crippen molar-refractivity contribution in [3.05, 3.63) is 76.2 Å². The number of carbonyl (C=O) groups is 2. The van der Waals surface area contributed by atoms with Gasteiger partial charge in [-0.2, -0.15) is 5.10 Å². The molecular formula is C18H15Cl2N5O2. The van der Waals surface area contributed by atoms with Gasteiger partial charge in [-0.1, -0.05) is 29.3 Å². The SMILES string of the molecule is O=C(CNC(=O)c1ccc(Cl)cc1Cl)NCc1cccnc1-n1cccn1. The molecule has 2 N–H and O–H groups in total. The highest BCUT2D eigenvalue weighted by molar-refractivity contribution is 6.36. The van der Waals surface area contributed by atoms with Crippen LogP contribution in [0.25, 0.3) is 5.82 Å². The summed E-state index contributed by atoms with van der Waals surface area (Å²) in [5.74, 6) is -0.172. The van der Waals surface area contributed by atoms with E-state index >= 15 is 0 Å². The first-order valence-electron chi connectivity index (χ1n) is 7.98. The van der Waals surface area contributed by atoms with E-state index in [1.807, 2.05) is 6.07 Å². The Morgan fingerprint density at radius 1 is 1.07 bits per heavy atom. The molecule has 0 saturated heterocycles. The summed E-state index contributed by atoms with van der Waals surface area (Å²) in [4.78, 5) is 28.5. The van der Waals surface area contributed by atoms with Gasteiger partial charge in [-0.3, -0.25) is 9.59 Å². The van der Waals surface area contributed by atoms with Crippen molar-refractivity contribution >= 4 is 35.0 Å². The van der Waals surface area contributed by atoms with E-state index in [2.05, 4.69) is 20.7 Å². The summed E-state index contributed by atoms with van der Waals surface area (Å²) in [7, 11) is 0. The second-order valence-corrected chi connectivity index (χ2v) is 6.36. The molecule has 2 heterocycles. The molecule has 0 atom stereocenters. The Morgan fingerprint density at radius 3 is 2.67 bits per heavy atom. The van der Waals surface area contributed by atoms with Gasteiger partial charge in [0, 0.05) is 35.7 Å². The van der Waals surface area contributed by atoms with Crippen molar-refractivity contribution in [2.75, 3.05) is 6.54 Å². The summed E-state index contributed by atoms with van der Waals surface area (Å²) in [5, 5.41) is 10.1. The predicted octanol–water partition coefficient (Wildman–Crippen LogP) is 2.62. The summed E-state index contributed by atoms with van der Waals surface area (Å²) >= 11 is 11.8. The van der Waals surface area contributed by atoms with E-state index in [1.54, 1.807) is 41.5 Å². The minimum atomic E-state index is -0.453. The van der Waals surface area contributed by atoms with Crippen molar-refractivity contribution < 1.29 is 9.59 Å². The number of pyridine rings is 1. The minimum Gasteiger partial charge on any atom is -0.350 e. The molecule has 0 aliphatic rings. The largest absolute Gasteiger partial charge is 0.350 e. The first-order chi connectivity index (χ1) is 13.0. The Bertz CT molecular complexity index is 960. The zero-order valence-corrected chi connectivity index (χ0v) is 15.5. The van der Waals surface area contributed by atoms with E-state index < -0.39 is 5.91 Å². The standard InChI is InChI=1S/C18H15Cl2N5O2/c19-13-4-5-14(15(20)9-13)18(27)23-11-16(26)22-10-12-3-1-6-21-17(12)25-8-2-7-24-25/h1-9H,10-11H2,(H,22,26)(H,23,27). The van der Waals surface area contributed by atoms with Crippen LogP contribution in [0, 0.1) is 0 Å². The monoisotopic (exact) mass is 403 g/mol. The Kier molecular flexibility index (Phi) is 6.05. The lowest BCUT2D eigenvalue weighted by atomic mass is 10.2. The van der Waals surface area contributed by atoms with Crippen LogP contribution in [0.2, 0.25) is 10.0 Å². The van der Waals surface area contributed by atoms with Crippen LogP contribution in [0.15, 0.2) is 55.0 Å². The third kappa shape index (κ3) is 4.84. The molecule has 3 rings (SSSR count). The number of nitrogens with zero attached hydrogens (tertiary/aromatic N) is 3. The van der Waals surface area contributed by atoms with Crippen LogP contribution >= 0.6 is 23.2 Å². The number of benzene rings is 1. The van der Waals surface area contributed by atoms with Gasteiger partial charge in [0.05, 0.1) is 17.1 Å². The van der Waals surface area contributed by atoms with Gasteiger partial charge in [0.25, 0.3) is 5.91 Å². The van der Waals surface area contributed by atoms with Gasteiger partial charge in [-0.15, -0.1) is 0 Å². The molecule has 1 aromatic carbocycles. The molecule has 0 fully saturated rings. The van der Waals surface area contributed by atoms with Crippen LogP contribution in [-0.4, -0.2) is 33.1 Å². The Balaban J connectivity index is 1.56. The van der Waals surface area contributed by atoms with Crippen LogP contribution < -0.4 is 10.6 Å². The van der Waals surface area contributed by atoms with Crippen molar-refractivity contribution in [2.24, 2.45) is 0 Å². The van der Waals surface area contributed by atoms with E-state index in [0.717, 1.165) is 5.56 Å². The number of carbonyl (C=O) groups excluding carboxylic acids is 2. The number of rotatable bonds is 6. The maximum Gasteiger partial charge on any atom is 0.253 e. The van der Waals surface area contributed by atoms with E-state index in [1.165, 1.54) is 12.1 Å². The fourth-order valence-electron chi connectivity index (χ4n) is 2.35. The average molecular weight is 404 g/mol. The molecule has 27 heavy (non-hydrogen) atoms. The molecule has 3 aromatic rings. The van der Waals surface area contributed by atoms with Gasteiger partial charge in [0.15, 0.2) is 5.82 Å². The number of nitrogens with one attached hydrogen (secondary N) is 2. The molecule has 0 aliphatic carbocycles. The lowest BCUT2D eigenvalue weighted by Crippen LogP contribution is -2.36. The Morgan fingerprint density at radius 2 is 1.93 bits per heavy atom. The summed E-state index contributed by atoms with van der Waals surface area (Å²) in [5.41, 5.74) is 1.05. The predicted molar refractivity (Wildman–Crippen MR) is 102 cm³/mol. The minimum absolute atomic E-state index is 0.185. The second kappa shape index (κ2) is 8.66. The van der Waals surface area contributed by atoms with Crippen LogP contribution in [-0.2, 0) is 11.3 Å². The van der Waals surface area contributed by atoms with E-state index in [4.69, 9.17) is 23.2 Å². The molecule has 0 unspecified atom stereocenters. The van der Waals surface area contributed by atoms with Crippen LogP contribution in [0.4, 0.5) is 0 Å². The van der Waals surface area contributed by atoms with Gasteiger partial charge >= 0.3 is 0 Å². The first-order valence-corrected chi connectivity index (χ1v) is 8.74. The van der Waals surface area contributed by atoms with E-state index in [0.29, 0.717) is 10.8 Å². The molecule has 0 bridgehead atoms. The summed E-state index contributed by atoms with van der Waals surface area (Å²) in [6.07, 6.45) is 5.07.